The van der Waals surface area contributed by atoms with E-state index in [1.54, 1.807) is 0 Å². The molecule has 2 heteroatoms. The Morgan fingerprint density at radius 2 is 1.86 bits per heavy atom. The first-order valence-corrected chi connectivity index (χ1v) is 11.3. The topological polar surface area (TPSA) is 22.1 Å². The molecular formula is C26H35NO. The number of rotatable bonds is 7. The second kappa shape index (κ2) is 8.78. The number of ether oxygens (including phenoxy) is 1. The fourth-order valence-corrected chi connectivity index (χ4v) is 5.63. The van der Waals surface area contributed by atoms with E-state index in [1.807, 2.05) is 12.3 Å². The second-order valence-electron chi connectivity index (χ2n) is 9.21. The number of benzene rings is 1. The lowest BCUT2D eigenvalue weighted by Crippen LogP contribution is -2.46. The zero-order chi connectivity index (χ0) is 19.3. The van der Waals surface area contributed by atoms with Crippen LogP contribution in [-0.2, 0) is 16.6 Å². The maximum atomic E-state index is 6.37. The van der Waals surface area contributed by atoms with Gasteiger partial charge in [0.25, 0.3) is 0 Å². The van der Waals surface area contributed by atoms with Gasteiger partial charge in [-0.2, -0.15) is 0 Å². The van der Waals surface area contributed by atoms with Gasteiger partial charge in [-0.15, -0.1) is 0 Å². The molecule has 1 aromatic heterocycles. The summed E-state index contributed by atoms with van der Waals surface area (Å²) in [7, 11) is 0. The van der Waals surface area contributed by atoms with Gasteiger partial charge in [0.15, 0.2) is 0 Å². The predicted molar refractivity (Wildman–Crippen MR) is 116 cm³/mol. The van der Waals surface area contributed by atoms with E-state index in [1.165, 1.54) is 81.0 Å². The highest BCUT2D eigenvalue weighted by Crippen LogP contribution is 2.50. The molecule has 2 aromatic rings. The highest BCUT2D eigenvalue weighted by molar-refractivity contribution is 5.22. The van der Waals surface area contributed by atoms with Crippen LogP contribution >= 0.6 is 0 Å². The number of pyridine rings is 1. The summed E-state index contributed by atoms with van der Waals surface area (Å²) in [4.78, 5) is 4.83. The Balaban J connectivity index is 1.39. The first-order valence-electron chi connectivity index (χ1n) is 11.3. The Labute approximate surface area is 170 Å². The quantitative estimate of drug-likeness (QED) is 0.510. The van der Waals surface area contributed by atoms with E-state index in [0.29, 0.717) is 0 Å². The molecule has 1 saturated heterocycles. The van der Waals surface area contributed by atoms with E-state index in [9.17, 15) is 0 Å². The second-order valence-corrected chi connectivity index (χ2v) is 9.21. The fourth-order valence-electron chi connectivity index (χ4n) is 5.63. The molecule has 0 N–H and O–H groups in total. The fraction of sp³-hybridized carbons (Fsp3) is 0.577. The van der Waals surface area contributed by atoms with Crippen LogP contribution in [0.15, 0.2) is 48.7 Å². The van der Waals surface area contributed by atoms with Gasteiger partial charge < -0.3 is 4.74 Å². The van der Waals surface area contributed by atoms with E-state index >= 15 is 0 Å². The van der Waals surface area contributed by atoms with Crippen LogP contribution in [0.4, 0.5) is 0 Å². The van der Waals surface area contributed by atoms with Gasteiger partial charge in [0.2, 0.25) is 0 Å². The van der Waals surface area contributed by atoms with Crippen molar-refractivity contribution in [2.24, 2.45) is 0 Å². The van der Waals surface area contributed by atoms with Crippen LogP contribution in [-0.4, -0.2) is 17.2 Å². The minimum atomic E-state index is 0.136. The third kappa shape index (κ3) is 4.49. The van der Waals surface area contributed by atoms with E-state index in [2.05, 4.69) is 43.3 Å². The smallest absolute Gasteiger partial charge is 0.0691 e. The molecule has 1 spiro atoms. The molecule has 28 heavy (non-hydrogen) atoms. The van der Waals surface area contributed by atoms with Crippen molar-refractivity contribution in [3.05, 3.63) is 65.5 Å². The van der Waals surface area contributed by atoms with Crippen molar-refractivity contribution in [1.29, 1.82) is 0 Å². The Kier molecular flexibility index (Phi) is 6.16. The molecule has 1 aromatic carbocycles. The molecule has 2 aliphatic rings. The first kappa shape index (κ1) is 19.6. The van der Waals surface area contributed by atoms with Crippen molar-refractivity contribution >= 4 is 0 Å². The lowest BCUT2D eigenvalue weighted by Gasteiger charge is -2.46. The Morgan fingerprint density at radius 3 is 2.64 bits per heavy atom. The molecule has 0 unspecified atom stereocenters. The zero-order valence-electron chi connectivity index (χ0n) is 17.5. The third-order valence-corrected chi connectivity index (χ3v) is 7.08. The van der Waals surface area contributed by atoms with Crippen molar-refractivity contribution in [3.63, 3.8) is 0 Å². The SMILES string of the molecule is Cc1cccc(CCCCC[C@@]2(c3ccccn3)CCOC3(CCCC3)C2)c1. The van der Waals surface area contributed by atoms with Crippen molar-refractivity contribution in [1.82, 2.24) is 4.98 Å². The number of hydrogen-bond acceptors (Lipinski definition) is 2. The van der Waals surface area contributed by atoms with Crippen molar-refractivity contribution in [2.45, 2.75) is 88.6 Å². The summed E-state index contributed by atoms with van der Waals surface area (Å²) < 4.78 is 6.37. The minimum absolute atomic E-state index is 0.136. The van der Waals surface area contributed by atoms with Crippen LogP contribution in [0, 0.1) is 6.92 Å². The maximum Gasteiger partial charge on any atom is 0.0691 e. The Bertz CT molecular complexity index is 750. The van der Waals surface area contributed by atoms with Gasteiger partial charge >= 0.3 is 0 Å². The van der Waals surface area contributed by atoms with Gasteiger partial charge in [0.05, 0.1) is 5.60 Å². The normalized spacial score (nSPS) is 23.9. The molecule has 1 aliphatic carbocycles. The molecule has 0 radical (unpaired) electrons. The Morgan fingerprint density at radius 1 is 0.964 bits per heavy atom. The molecule has 1 atom stereocenters. The summed E-state index contributed by atoms with van der Waals surface area (Å²) in [5.74, 6) is 0. The Hall–Kier alpha value is -1.67. The van der Waals surface area contributed by atoms with Crippen molar-refractivity contribution in [2.75, 3.05) is 6.61 Å². The number of aromatic nitrogens is 1. The van der Waals surface area contributed by atoms with Gasteiger partial charge in [0, 0.05) is 23.9 Å². The van der Waals surface area contributed by atoms with E-state index < -0.39 is 0 Å². The van der Waals surface area contributed by atoms with E-state index in [-0.39, 0.29) is 11.0 Å². The molecule has 1 aliphatic heterocycles. The molecule has 150 valence electrons. The van der Waals surface area contributed by atoms with Crippen molar-refractivity contribution in [3.8, 4) is 0 Å². The summed E-state index contributed by atoms with van der Waals surface area (Å²) in [5, 5.41) is 0. The average molecular weight is 378 g/mol. The highest BCUT2D eigenvalue weighted by Gasteiger charge is 2.48. The van der Waals surface area contributed by atoms with Crippen LogP contribution < -0.4 is 0 Å². The third-order valence-electron chi connectivity index (χ3n) is 7.08. The average Bonchev–Trinajstić information content (AvgIpc) is 3.16. The minimum Gasteiger partial charge on any atom is -0.375 e. The molecule has 4 rings (SSSR count). The van der Waals surface area contributed by atoms with Crippen LogP contribution in [0.3, 0.4) is 0 Å². The van der Waals surface area contributed by atoms with Gasteiger partial charge in [-0.25, -0.2) is 0 Å². The van der Waals surface area contributed by atoms with Crippen LogP contribution in [0.2, 0.25) is 0 Å². The molecule has 2 fully saturated rings. The number of hydrogen-bond donors (Lipinski definition) is 0. The van der Waals surface area contributed by atoms with Crippen LogP contribution in [0.25, 0.3) is 0 Å². The molecule has 0 amide bonds. The molecule has 0 bridgehead atoms. The van der Waals surface area contributed by atoms with E-state index in [0.717, 1.165) is 13.0 Å². The largest absolute Gasteiger partial charge is 0.375 e. The first-order chi connectivity index (χ1) is 13.7. The molecule has 1 saturated carbocycles. The number of unbranched alkanes of at least 4 members (excludes halogenated alkanes) is 2. The zero-order valence-corrected chi connectivity index (χ0v) is 17.5. The van der Waals surface area contributed by atoms with Gasteiger partial charge in [-0.1, -0.05) is 61.6 Å². The summed E-state index contributed by atoms with van der Waals surface area (Å²) >= 11 is 0. The summed E-state index contributed by atoms with van der Waals surface area (Å²) in [6.45, 7) is 3.09. The van der Waals surface area contributed by atoms with Gasteiger partial charge in [0.1, 0.15) is 0 Å². The maximum absolute atomic E-state index is 6.37. The molecule has 2 heterocycles. The standard InChI is InChI=1S/C26H35NO/c1-22-10-9-12-23(20-22)11-3-2-5-14-25(24-13-4-8-18-27-24)17-19-28-26(21-25)15-6-7-16-26/h4,8-10,12-13,18,20H,2-3,5-7,11,14-17,19,21H2,1H3/t25-/m1/s1. The lowest BCUT2D eigenvalue weighted by molar-refractivity contribution is -0.104. The summed E-state index contributed by atoms with van der Waals surface area (Å²) in [6.07, 6.45) is 15.8. The highest BCUT2D eigenvalue weighted by atomic mass is 16.5. The predicted octanol–water partition coefficient (Wildman–Crippen LogP) is 6.55. The van der Waals surface area contributed by atoms with Crippen molar-refractivity contribution < 1.29 is 4.74 Å². The number of aryl methyl sites for hydroxylation is 2. The monoisotopic (exact) mass is 377 g/mol. The summed E-state index contributed by atoms with van der Waals surface area (Å²) in [5.41, 5.74) is 4.51. The van der Waals surface area contributed by atoms with E-state index in [4.69, 9.17) is 9.72 Å². The van der Waals surface area contributed by atoms with Gasteiger partial charge in [-0.05, 0) is 69.6 Å². The van der Waals surface area contributed by atoms with Crippen LogP contribution in [0.5, 0.6) is 0 Å². The number of nitrogens with zero attached hydrogens (tertiary/aromatic N) is 1. The molecule has 2 nitrogen and oxygen atoms in total. The van der Waals surface area contributed by atoms with Gasteiger partial charge in [-0.3, -0.25) is 4.98 Å². The van der Waals surface area contributed by atoms with Crippen LogP contribution in [0.1, 0.15) is 81.0 Å². The molecular weight excluding hydrogens is 342 g/mol. The summed E-state index contributed by atoms with van der Waals surface area (Å²) in [6, 6.07) is 15.4. The lowest BCUT2D eigenvalue weighted by atomic mass is 9.67.